The lowest BCUT2D eigenvalue weighted by Gasteiger charge is -2.15. The topological polar surface area (TPSA) is 47.0 Å². The smallest absolute Gasteiger partial charge is 0.127 e. The minimum Gasteiger partial charge on any atom is -0.383 e. The predicted octanol–water partition coefficient (Wildman–Crippen LogP) is 6.11. The molecule has 0 aliphatic heterocycles. The molecule has 0 fully saturated rings. The third-order valence-corrected chi connectivity index (χ3v) is 5.35. The Labute approximate surface area is 193 Å². The summed E-state index contributed by atoms with van der Waals surface area (Å²) in [5.41, 5.74) is 5.85. The van der Waals surface area contributed by atoms with Gasteiger partial charge in [-0.25, -0.2) is 9.97 Å². The van der Waals surface area contributed by atoms with Crippen molar-refractivity contribution in [1.82, 2.24) is 9.97 Å². The number of anilines is 1. The van der Waals surface area contributed by atoms with Crippen LogP contribution in [-0.4, -0.2) is 29.7 Å². The maximum Gasteiger partial charge on any atom is 0.127 e. The van der Waals surface area contributed by atoms with Crippen LogP contribution < -0.4 is 5.32 Å². The number of rotatable bonds is 5. The predicted molar refractivity (Wildman–Crippen MR) is 132 cm³/mol. The van der Waals surface area contributed by atoms with Crippen molar-refractivity contribution in [3.05, 3.63) is 88.7 Å². The second kappa shape index (κ2) is 9.82. The molecule has 0 saturated heterocycles. The van der Waals surface area contributed by atoms with Gasteiger partial charge in [-0.05, 0) is 73.4 Å². The highest BCUT2D eigenvalue weighted by Gasteiger charge is 2.07. The summed E-state index contributed by atoms with van der Waals surface area (Å²) in [6.45, 7) is 4.78. The first-order valence-corrected chi connectivity index (χ1v) is 10.8. The monoisotopic (exact) mass is 441 g/mol. The van der Waals surface area contributed by atoms with Crippen LogP contribution in [0.2, 0.25) is 5.02 Å². The van der Waals surface area contributed by atoms with Crippen molar-refractivity contribution >= 4 is 28.3 Å². The molecule has 160 valence electrons. The minimum absolute atomic E-state index is 0.188. The molecule has 2 aromatic heterocycles. The number of aromatic nitrogens is 2. The largest absolute Gasteiger partial charge is 0.383 e. The molecule has 0 bridgehead atoms. The maximum absolute atomic E-state index is 5.96. The Kier molecular flexibility index (Phi) is 6.70. The number of pyridine rings is 2. The Hall–Kier alpha value is -3.39. The van der Waals surface area contributed by atoms with Gasteiger partial charge in [0, 0.05) is 40.9 Å². The van der Waals surface area contributed by atoms with E-state index in [1.807, 2.05) is 54.7 Å². The molecule has 2 aromatic carbocycles. The molecule has 1 N–H and O–H groups in total. The zero-order valence-corrected chi connectivity index (χ0v) is 19.1. The first kappa shape index (κ1) is 21.8. The van der Waals surface area contributed by atoms with Crippen molar-refractivity contribution < 1.29 is 4.74 Å². The number of benzene rings is 2. The highest BCUT2D eigenvalue weighted by molar-refractivity contribution is 6.30. The van der Waals surface area contributed by atoms with E-state index in [-0.39, 0.29) is 6.04 Å². The second-order valence-electron chi connectivity index (χ2n) is 7.75. The lowest BCUT2D eigenvalue weighted by molar-refractivity contribution is 0.190. The van der Waals surface area contributed by atoms with Crippen molar-refractivity contribution in [1.29, 1.82) is 0 Å². The van der Waals surface area contributed by atoms with Crippen molar-refractivity contribution in [2.75, 3.05) is 19.0 Å². The SMILES string of the molecule is COCC(C)Nc1cc(C)c2cc(C#Cc3ccc(-c4ccc(Cl)cc4)cn3)ccc2n1. The number of hydrogen-bond acceptors (Lipinski definition) is 4. The van der Waals surface area contributed by atoms with Crippen LogP contribution in [0.5, 0.6) is 0 Å². The minimum atomic E-state index is 0.188. The number of ether oxygens (including phenoxy) is 1. The van der Waals surface area contributed by atoms with E-state index in [0.717, 1.165) is 49.7 Å². The lowest BCUT2D eigenvalue weighted by atomic mass is 10.1. The third-order valence-electron chi connectivity index (χ3n) is 5.10. The zero-order valence-electron chi connectivity index (χ0n) is 18.3. The number of halogens is 1. The number of methoxy groups -OCH3 is 1. The van der Waals surface area contributed by atoms with Gasteiger partial charge in [0.25, 0.3) is 0 Å². The molecule has 4 nitrogen and oxygen atoms in total. The Bertz CT molecular complexity index is 1290. The lowest BCUT2D eigenvalue weighted by Crippen LogP contribution is -2.21. The van der Waals surface area contributed by atoms with Crippen LogP contribution in [-0.2, 0) is 4.74 Å². The zero-order chi connectivity index (χ0) is 22.5. The molecule has 0 radical (unpaired) electrons. The molecule has 4 rings (SSSR count). The normalized spacial score (nSPS) is 11.6. The van der Waals surface area contributed by atoms with Gasteiger partial charge in [0.1, 0.15) is 11.5 Å². The fourth-order valence-corrected chi connectivity index (χ4v) is 3.63. The first-order valence-electron chi connectivity index (χ1n) is 10.4. The molecule has 2 heterocycles. The van der Waals surface area contributed by atoms with E-state index in [2.05, 4.69) is 48.1 Å². The summed E-state index contributed by atoms with van der Waals surface area (Å²) in [5, 5.41) is 5.19. The molecule has 32 heavy (non-hydrogen) atoms. The highest BCUT2D eigenvalue weighted by atomic mass is 35.5. The molecule has 0 aliphatic carbocycles. The number of nitrogens with one attached hydrogen (secondary N) is 1. The summed E-state index contributed by atoms with van der Waals surface area (Å²) >= 11 is 5.96. The Balaban J connectivity index is 1.53. The highest BCUT2D eigenvalue weighted by Crippen LogP contribution is 2.23. The van der Waals surface area contributed by atoms with Crippen molar-refractivity contribution in [3.63, 3.8) is 0 Å². The molecular weight excluding hydrogens is 418 g/mol. The average molecular weight is 442 g/mol. The molecule has 5 heteroatoms. The Morgan fingerprint density at radius 3 is 2.50 bits per heavy atom. The number of nitrogens with zero attached hydrogens (tertiary/aromatic N) is 2. The maximum atomic E-state index is 5.96. The van der Waals surface area contributed by atoms with Gasteiger partial charge in [0.05, 0.1) is 12.1 Å². The van der Waals surface area contributed by atoms with E-state index in [0.29, 0.717) is 6.61 Å². The summed E-state index contributed by atoms with van der Waals surface area (Å²) in [6, 6.07) is 20.0. The van der Waals surface area contributed by atoms with Crippen molar-refractivity contribution in [2.24, 2.45) is 0 Å². The second-order valence-corrected chi connectivity index (χ2v) is 8.18. The number of aryl methyl sites for hydroxylation is 1. The summed E-state index contributed by atoms with van der Waals surface area (Å²) in [5.74, 6) is 7.23. The molecular formula is C27H24ClN3O. The van der Waals surface area contributed by atoms with Crippen LogP contribution in [0.4, 0.5) is 5.82 Å². The van der Waals surface area contributed by atoms with Gasteiger partial charge in [0.2, 0.25) is 0 Å². The van der Waals surface area contributed by atoms with Gasteiger partial charge >= 0.3 is 0 Å². The van der Waals surface area contributed by atoms with E-state index in [1.165, 1.54) is 0 Å². The van der Waals surface area contributed by atoms with Gasteiger partial charge in [-0.3, -0.25) is 0 Å². The number of fused-ring (bicyclic) bond motifs is 1. The fraction of sp³-hybridized carbons (Fsp3) is 0.185. The molecule has 0 aliphatic rings. The summed E-state index contributed by atoms with van der Waals surface area (Å²) in [6.07, 6.45) is 1.83. The third kappa shape index (κ3) is 5.26. The van der Waals surface area contributed by atoms with E-state index in [1.54, 1.807) is 7.11 Å². The van der Waals surface area contributed by atoms with Gasteiger partial charge in [-0.15, -0.1) is 0 Å². The van der Waals surface area contributed by atoms with Crippen molar-refractivity contribution in [3.8, 4) is 23.0 Å². The molecule has 4 aromatic rings. The van der Waals surface area contributed by atoms with Crippen LogP contribution in [0.1, 0.15) is 23.7 Å². The van der Waals surface area contributed by atoms with Crippen molar-refractivity contribution in [2.45, 2.75) is 19.9 Å². The molecule has 0 amide bonds. The standard InChI is InChI=1S/C27H24ClN3O/c1-18-14-27(30-19(2)17-32-3)31-26-13-5-20(15-25(18)26)4-11-24-12-8-22(16-29-24)21-6-9-23(28)10-7-21/h5-10,12-16,19H,17H2,1-3H3,(H,30,31). The Morgan fingerprint density at radius 1 is 1.00 bits per heavy atom. The average Bonchev–Trinajstić information content (AvgIpc) is 2.79. The van der Waals surface area contributed by atoms with E-state index < -0.39 is 0 Å². The van der Waals surface area contributed by atoms with Crippen LogP contribution in [0.25, 0.3) is 22.0 Å². The molecule has 0 saturated carbocycles. The van der Waals surface area contributed by atoms with Crippen LogP contribution in [0.3, 0.4) is 0 Å². The van der Waals surface area contributed by atoms with Crippen LogP contribution in [0, 0.1) is 18.8 Å². The van der Waals surface area contributed by atoms with Gasteiger partial charge in [-0.2, -0.15) is 0 Å². The van der Waals surface area contributed by atoms with Gasteiger partial charge in [0.15, 0.2) is 0 Å². The summed E-state index contributed by atoms with van der Waals surface area (Å²) in [7, 11) is 1.70. The van der Waals surface area contributed by atoms with Gasteiger partial charge < -0.3 is 10.1 Å². The fourth-order valence-electron chi connectivity index (χ4n) is 3.51. The van der Waals surface area contributed by atoms with Crippen LogP contribution >= 0.6 is 11.6 Å². The van der Waals surface area contributed by atoms with E-state index in [9.17, 15) is 0 Å². The first-order chi connectivity index (χ1) is 15.5. The van der Waals surface area contributed by atoms with Crippen LogP contribution in [0.15, 0.2) is 66.9 Å². The van der Waals surface area contributed by atoms with E-state index >= 15 is 0 Å². The quantitative estimate of drug-likeness (QED) is 0.380. The molecule has 1 unspecified atom stereocenters. The van der Waals surface area contributed by atoms with Gasteiger partial charge in [-0.1, -0.05) is 35.7 Å². The molecule has 1 atom stereocenters. The van der Waals surface area contributed by atoms with E-state index in [4.69, 9.17) is 21.3 Å². The molecule has 0 spiro atoms. The Morgan fingerprint density at radius 2 is 1.78 bits per heavy atom. The number of hydrogen-bond donors (Lipinski definition) is 1. The summed E-state index contributed by atoms with van der Waals surface area (Å²) in [4.78, 5) is 9.22. The summed E-state index contributed by atoms with van der Waals surface area (Å²) < 4.78 is 5.19.